The Kier molecular flexibility index (Phi) is 5.02. The number of rotatable bonds is 4. The van der Waals surface area contributed by atoms with E-state index < -0.39 is 22.6 Å². The molecule has 0 aliphatic rings. The number of hydrogen-bond donors (Lipinski definition) is 2. The lowest BCUT2D eigenvalue weighted by molar-refractivity contribution is 0.250. The Morgan fingerprint density at radius 3 is 2.82 bits per heavy atom. The summed E-state index contributed by atoms with van der Waals surface area (Å²) in [6.45, 7) is 1.75. The van der Waals surface area contributed by atoms with Gasteiger partial charge < -0.3 is 5.32 Å². The Bertz CT molecular complexity index is 411. The molecule has 0 spiro atoms. The van der Waals surface area contributed by atoms with E-state index in [9.17, 15) is 13.4 Å². The Morgan fingerprint density at radius 1 is 1.59 bits per heavy atom. The van der Waals surface area contributed by atoms with E-state index in [1.54, 1.807) is 13.2 Å². The summed E-state index contributed by atoms with van der Waals surface area (Å²) < 4.78 is 23.5. The van der Waals surface area contributed by atoms with E-state index in [1.807, 2.05) is 0 Å². The molecule has 0 fully saturated rings. The van der Waals surface area contributed by atoms with Gasteiger partial charge in [0.1, 0.15) is 11.6 Å². The van der Waals surface area contributed by atoms with Gasteiger partial charge in [-0.2, -0.15) is 0 Å². The third-order valence-electron chi connectivity index (χ3n) is 1.83. The summed E-state index contributed by atoms with van der Waals surface area (Å²) in [5.41, 5.74) is 0. The van der Waals surface area contributed by atoms with Gasteiger partial charge in [-0.3, -0.25) is 9.53 Å². The van der Waals surface area contributed by atoms with Crippen LogP contribution in [0.4, 0.5) is 15.0 Å². The number of nitrogens with zero attached hydrogens (tertiary/aromatic N) is 1. The lowest BCUT2D eigenvalue weighted by Crippen LogP contribution is -2.39. The number of nitrogens with one attached hydrogen (secondary N) is 2. The van der Waals surface area contributed by atoms with Gasteiger partial charge in [0, 0.05) is 28.9 Å². The molecular formula is C10H14FN3O2S. The van der Waals surface area contributed by atoms with Crippen molar-refractivity contribution in [2.45, 2.75) is 13.0 Å². The van der Waals surface area contributed by atoms with Gasteiger partial charge in [-0.15, -0.1) is 0 Å². The summed E-state index contributed by atoms with van der Waals surface area (Å²) in [7, 11) is -0.969. The molecule has 1 heterocycles. The molecule has 0 aliphatic carbocycles. The van der Waals surface area contributed by atoms with E-state index in [0.29, 0.717) is 5.75 Å². The summed E-state index contributed by atoms with van der Waals surface area (Å²) in [6, 6.07) is 1.90. The average molecular weight is 259 g/mol. The number of carbonyl (C=O) groups is 1. The van der Waals surface area contributed by atoms with Gasteiger partial charge in [-0.25, -0.2) is 14.2 Å². The second kappa shape index (κ2) is 6.29. The topological polar surface area (TPSA) is 71.1 Å². The number of halogens is 1. The first-order chi connectivity index (χ1) is 7.97. The highest BCUT2D eigenvalue weighted by Gasteiger charge is 2.09. The molecule has 0 aromatic carbocycles. The molecule has 2 atom stereocenters. The van der Waals surface area contributed by atoms with Crippen LogP contribution in [0.25, 0.3) is 0 Å². The molecule has 0 bridgehead atoms. The number of amides is 2. The molecule has 2 amide bonds. The number of urea groups is 1. The van der Waals surface area contributed by atoms with Crippen LogP contribution in [0.1, 0.15) is 6.92 Å². The second-order valence-corrected chi connectivity index (χ2v) is 5.08. The number of pyridine rings is 1. The standard InChI is InChI=1S/C10H14FN3O2S/c1-7(6-17(2)16)13-10(15)14-9-4-3-8(11)5-12-9/h3-5,7H,6H2,1-2H3,(H2,12,13,14,15)/t7-,17+/m0/s1. The predicted octanol–water partition coefficient (Wildman–Crippen LogP) is 1.11. The van der Waals surface area contributed by atoms with Crippen LogP contribution in [0.3, 0.4) is 0 Å². The van der Waals surface area contributed by atoms with Crippen molar-refractivity contribution in [3.8, 4) is 0 Å². The third kappa shape index (κ3) is 5.39. The maximum atomic E-state index is 12.6. The fraction of sp³-hybridized carbons (Fsp3) is 0.400. The minimum Gasteiger partial charge on any atom is -0.334 e. The first-order valence-corrected chi connectivity index (χ1v) is 6.69. The van der Waals surface area contributed by atoms with Crippen LogP contribution in [0.5, 0.6) is 0 Å². The maximum Gasteiger partial charge on any atom is 0.320 e. The Labute approximate surface area is 101 Å². The molecule has 1 rings (SSSR count). The predicted molar refractivity (Wildman–Crippen MR) is 64.7 cm³/mol. The zero-order chi connectivity index (χ0) is 12.8. The minimum atomic E-state index is -0.969. The molecule has 0 saturated heterocycles. The van der Waals surface area contributed by atoms with Crippen molar-refractivity contribution >= 4 is 22.6 Å². The first-order valence-electron chi connectivity index (χ1n) is 4.96. The molecule has 2 N–H and O–H groups in total. The monoisotopic (exact) mass is 259 g/mol. The minimum absolute atomic E-state index is 0.207. The van der Waals surface area contributed by atoms with Crippen LogP contribution in [0, 0.1) is 5.82 Å². The highest BCUT2D eigenvalue weighted by molar-refractivity contribution is 7.84. The quantitative estimate of drug-likeness (QED) is 0.851. The Hall–Kier alpha value is -1.50. The molecule has 17 heavy (non-hydrogen) atoms. The summed E-state index contributed by atoms with van der Waals surface area (Å²) in [4.78, 5) is 15.1. The fourth-order valence-corrected chi connectivity index (χ4v) is 2.01. The Morgan fingerprint density at radius 2 is 2.29 bits per heavy atom. The van der Waals surface area contributed by atoms with Crippen LogP contribution in [-0.2, 0) is 10.8 Å². The molecule has 7 heteroatoms. The highest BCUT2D eigenvalue weighted by atomic mass is 32.2. The Balaban J connectivity index is 2.44. The van der Waals surface area contributed by atoms with Crippen LogP contribution in [0.15, 0.2) is 18.3 Å². The van der Waals surface area contributed by atoms with Gasteiger partial charge in [0.15, 0.2) is 0 Å². The van der Waals surface area contributed by atoms with Gasteiger partial charge in [0.05, 0.1) is 6.20 Å². The third-order valence-corrected chi connectivity index (χ3v) is 2.80. The second-order valence-electron chi connectivity index (χ2n) is 3.60. The van der Waals surface area contributed by atoms with E-state index in [-0.39, 0.29) is 11.9 Å². The summed E-state index contributed by atoms with van der Waals surface area (Å²) in [5, 5.41) is 5.04. The van der Waals surface area contributed by atoms with Crippen molar-refractivity contribution in [2.24, 2.45) is 0 Å². The lowest BCUT2D eigenvalue weighted by atomic mass is 10.4. The van der Waals surface area contributed by atoms with Gasteiger partial charge in [-0.05, 0) is 19.1 Å². The smallest absolute Gasteiger partial charge is 0.320 e. The molecule has 0 aliphatic heterocycles. The number of anilines is 1. The van der Waals surface area contributed by atoms with Crippen molar-refractivity contribution in [1.82, 2.24) is 10.3 Å². The van der Waals surface area contributed by atoms with Crippen LogP contribution >= 0.6 is 0 Å². The van der Waals surface area contributed by atoms with E-state index in [0.717, 1.165) is 6.20 Å². The molecule has 1 aromatic heterocycles. The van der Waals surface area contributed by atoms with Gasteiger partial charge in [0.25, 0.3) is 0 Å². The molecule has 94 valence electrons. The van der Waals surface area contributed by atoms with Crippen molar-refractivity contribution in [3.05, 3.63) is 24.1 Å². The van der Waals surface area contributed by atoms with Crippen LogP contribution in [-0.4, -0.2) is 33.3 Å². The van der Waals surface area contributed by atoms with Gasteiger partial charge >= 0.3 is 6.03 Å². The van der Waals surface area contributed by atoms with E-state index in [4.69, 9.17) is 0 Å². The molecular weight excluding hydrogens is 245 g/mol. The number of hydrogen-bond acceptors (Lipinski definition) is 3. The zero-order valence-electron chi connectivity index (χ0n) is 9.57. The van der Waals surface area contributed by atoms with Crippen molar-refractivity contribution in [2.75, 3.05) is 17.3 Å². The normalized spacial score (nSPS) is 13.8. The van der Waals surface area contributed by atoms with Gasteiger partial charge in [-0.1, -0.05) is 0 Å². The SMILES string of the molecule is C[C@@H](C[S@@](C)=O)NC(=O)Nc1ccc(F)cn1. The number of carbonyl (C=O) groups excluding carboxylic acids is 1. The zero-order valence-corrected chi connectivity index (χ0v) is 10.4. The summed E-state index contributed by atoms with van der Waals surface area (Å²) in [6.07, 6.45) is 2.58. The van der Waals surface area contributed by atoms with E-state index in [1.165, 1.54) is 12.1 Å². The molecule has 0 unspecified atom stereocenters. The van der Waals surface area contributed by atoms with Crippen molar-refractivity contribution < 1.29 is 13.4 Å². The largest absolute Gasteiger partial charge is 0.334 e. The number of aromatic nitrogens is 1. The first kappa shape index (κ1) is 13.6. The highest BCUT2D eigenvalue weighted by Crippen LogP contribution is 2.03. The lowest BCUT2D eigenvalue weighted by Gasteiger charge is -2.12. The fourth-order valence-electron chi connectivity index (χ4n) is 1.22. The van der Waals surface area contributed by atoms with E-state index >= 15 is 0 Å². The van der Waals surface area contributed by atoms with Crippen molar-refractivity contribution in [3.63, 3.8) is 0 Å². The summed E-state index contributed by atoms with van der Waals surface area (Å²) in [5.74, 6) is 0.170. The maximum absolute atomic E-state index is 12.6. The molecule has 0 radical (unpaired) electrons. The molecule has 1 aromatic rings. The molecule has 0 saturated carbocycles. The van der Waals surface area contributed by atoms with Crippen LogP contribution < -0.4 is 10.6 Å². The van der Waals surface area contributed by atoms with Crippen LogP contribution in [0.2, 0.25) is 0 Å². The van der Waals surface area contributed by atoms with Crippen molar-refractivity contribution in [1.29, 1.82) is 0 Å². The summed E-state index contributed by atoms with van der Waals surface area (Å²) >= 11 is 0. The van der Waals surface area contributed by atoms with Gasteiger partial charge in [0.2, 0.25) is 0 Å². The van der Waals surface area contributed by atoms with E-state index in [2.05, 4.69) is 15.6 Å². The molecule has 5 nitrogen and oxygen atoms in total. The average Bonchev–Trinajstić information content (AvgIpc) is 2.19.